The number of rotatable bonds is 2. The van der Waals surface area contributed by atoms with E-state index in [9.17, 15) is 4.79 Å². The van der Waals surface area contributed by atoms with Crippen LogP contribution in [0.4, 0.5) is 0 Å². The fourth-order valence-electron chi connectivity index (χ4n) is 1.93. The van der Waals surface area contributed by atoms with E-state index in [1.165, 1.54) is 5.06 Å². The van der Waals surface area contributed by atoms with Crippen molar-refractivity contribution in [3.8, 4) is 0 Å². The predicted octanol–water partition coefficient (Wildman–Crippen LogP) is 2.72. The van der Waals surface area contributed by atoms with Crippen molar-refractivity contribution in [3.05, 3.63) is 35.9 Å². The molecule has 0 bridgehead atoms. The average molecular weight is 331 g/mol. The van der Waals surface area contributed by atoms with Crippen molar-refractivity contribution in [2.24, 2.45) is 0 Å². The van der Waals surface area contributed by atoms with Crippen LogP contribution in [-0.4, -0.2) is 21.4 Å². The Balaban J connectivity index is 2.14. The Labute approximate surface area is 109 Å². The molecular weight excluding hydrogens is 317 g/mol. The number of halogens is 1. The number of hydrogen-bond donors (Lipinski definition) is 0. The van der Waals surface area contributed by atoms with E-state index in [0.29, 0.717) is 0 Å². The largest absolute Gasteiger partial charge is 0.273 e. The van der Waals surface area contributed by atoms with Crippen LogP contribution in [0.5, 0.6) is 0 Å². The van der Waals surface area contributed by atoms with Gasteiger partial charge in [-0.1, -0.05) is 52.9 Å². The van der Waals surface area contributed by atoms with Crippen LogP contribution in [0.1, 0.15) is 25.0 Å². The van der Waals surface area contributed by atoms with Crippen LogP contribution in [0.25, 0.3) is 0 Å². The minimum absolute atomic E-state index is 0.0138. The standard InChI is InChI=1S/C12H14INO2/c1-9(15)14-11(8-13)7-12(16-14)10-5-3-2-4-6-10/h2-6,11-12H,7-8H2,1H3/t11-,12+/m1/s1. The molecule has 1 amide bonds. The molecule has 0 unspecified atom stereocenters. The highest BCUT2D eigenvalue weighted by atomic mass is 127. The average Bonchev–Trinajstić information content (AvgIpc) is 2.74. The van der Waals surface area contributed by atoms with Gasteiger partial charge in [0.05, 0.1) is 6.04 Å². The number of carbonyl (C=O) groups is 1. The van der Waals surface area contributed by atoms with Gasteiger partial charge in [0.15, 0.2) is 0 Å². The van der Waals surface area contributed by atoms with Crippen molar-refractivity contribution in [2.75, 3.05) is 4.43 Å². The van der Waals surface area contributed by atoms with Crippen molar-refractivity contribution >= 4 is 28.5 Å². The Morgan fingerprint density at radius 2 is 2.19 bits per heavy atom. The summed E-state index contributed by atoms with van der Waals surface area (Å²) in [5, 5.41) is 1.52. The molecular formula is C12H14INO2. The van der Waals surface area contributed by atoms with Gasteiger partial charge in [0.2, 0.25) is 5.91 Å². The van der Waals surface area contributed by atoms with Crippen LogP contribution >= 0.6 is 22.6 Å². The molecule has 1 aliphatic heterocycles. The Morgan fingerprint density at radius 3 is 2.69 bits per heavy atom. The van der Waals surface area contributed by atoms with Gasteiger partial charge in [0.1, 0.15) is 6.10 Å². The van der Waals surface area contributed by atoms with E-state index in [0.717, 1.165) is 16.4 Å². The zero-order valence-electron chi connectivity index (χ0n) is 9.10. The van der Waals surface area contributed by atoms with Gasteiger partial charge < -0.3 is 0 Å². The lowest BCUT2D eigenvalue weighted by atomic mass is 10.0. The molecule has 0 saturated carbocycles. The molecule has 0 radical (unpaired) electrons. The lowest BCUT2D eigenvalue weighted by molar-refractivity contribution is -0.184. The maximum atomic E-state index is 11.4. The number of nitrogens with zero attached hydrogens (tertiary/aromatic N) is 1. The van der Waals surface area contributed by atoms with Crippen molar-refractivity contribution in [2.45, 2.75) is 25.5 Å². The summed E-state index contributed by atoms with van der Waals surface area (Å²) in [6, 6.07) is 10.2. The zero-order valence-corrected chi connectivity index (χ0v) is 11.3. The van der Waals surface area contributed by atoms with Gasteiger partial charge in [0.25, 0.3) is 0 Å². The smallest absolute Gasteiger partial charge is 0.243 e. The van der Waals surface area contributed by atoms with Crippen molar-refractivity contribution in [1.29, 1.82) is 0 Å². The second kappa shape index (κ2) is 5.14. The molecule has 0 aliphatic carbocycles. The second-order valence-corrected chi connectivity index (χ2v) is 4.77. The maximum absolute atomic E-state index is 11.4. The Hall–Kier alpha value is -0.620. The van der Waals surface area contributed by atoms with E-state index in [4.69, 9.17) is 4.84 Å². The van der Waals surface area contributed by atoms with Gasteiger partial charge in [-0.2, -0.15) is 0 Å². The van der Waals surface area contributed by atoms with Gasteiger partial charge in [-0.15, -0.1) is 0 Å². The molecule has 4 heteroatoms. The van der Waals surface area contributed by atoms with Crippen LogP contribution in [0.2, 0.25) is 0 Å². The third kappa shape index (κ3) is 2.38. The molecule has 0 aromatic heterocycles. The second-order valence-electron chi connectivity index (χ2n) is 3.89. The molecule has 1 aromatic rings. The van der Waals surface area contributed by atoms with Crippen molar-refractivity contribution in [3.63, 3.8) is 0 Å². The number of hydrogen-bond acceptors (Lipinski definition) is 2. The van der Waals surface area contributed by atoms with E-state index in [-0.39, 0.29) is 18.1 Å². The SMILES string of the molecule is CC(=O)N1O[C@H](c2ccccc2)C[C@@H]1CI. The molecule has 3 nitrogen and oxygen atoms in total. The number of carbonyl (C=O) groups excluding carboxylic acids is 1. The Morgan fingerprint density at radius 1 is 1.50 bits per heavy atom. The summed E-state index contributed by atoms with van der Waals surface area (Å²) < 4.78 is 0.903. The molecule has 2 rings (SSSR count). The summed E-state index contributed by atoms with van der Waals surface area (Å²) in [4.78, 5) is 17.1. The summed E-state index contributed by atoms with van der Waals surface area (Å²) >= 11 is 2.29. The van der Waals surface area contributed by atoms with E-state index < -0.39 is 0 Å². The van der Waals surface area contributed by atoms with Gasteiger partial charge >= 0.3 is 0 Å². The first-order valence-electron chi connectivity index (χ1n) is 5.30. The first-order valence-corrected chi connectivity index (χ1v) is 6.82. The summed E-state index contributed by atoms with van der Waals surface area (Å²) in [7, 11) is 0. The fourth-order valence-corrected chi connectivity index (χ4v) is 2.65. The highest BCUT2D eigenvalue weighted by Gasteiger charge is 2.35. The van der Waals surface area contributed by atoms with Gasteiger partial charge in [0, 0.05) is 17.8 Å². The van der Waals surface area contributed by atoms with E-state index in [1.807, 2.05) is 30.3 Å². The van der Waals surface area contributed by atoms with E-state index in [1.54, 1.807) is 6.92 Å². The topological polar surface area (TPSA) is 29.5 Å². The predicted molar refractivity (Wildman–Crippen MR) is 70.1 cm³/mol. The third-order valence-corrected chi connectivity index (χ3v) is 3.74. The molecule has 1 heterocycles. The summed E-state index contributed by atoms with van der Waals surface area (Å²) in [6.45, 7) is 1.55. The highest BCUT2D eigenvalue weighted by molar-refractivity contribution is 14.1. The van der Waals surface area contributed by atoms with Crippen molar-refractivity contribution < 1.29 is 9.63 Å². The summed E-state index contributed by atoms with van der Waals surface area (Å²) in [5.41, 5.74) is 1.14. The first kappa shape index (κ1) is 11.9. The lowest BCUT2D eigenvalue weighted by Crippen LogP contribution is -2.33. The zero-order chi connectivity index (χ0) is 11.5. The normalized spacial score (nSPS) is 24.8. The molecule has 16 heavy (non-hydrogen) atoms. The first-order chi connectivity index (χ1) is 7.72. The van der Waals surface area contributed by atoms with Gasteiger partial charge in [-0.05, 0) is 5.56 Å². The van der Waals surface area contributed by atoms with Gasteiger partial charge in [-0.25, -0.2) is 5.06 Å². The molecule has 1 fully saturated rings. The van der Waals surface area contributed by atoms with Crippen LogP contribution < -0.4 is 0 Å². The van der Waals surface area contributed by atoms with Gasteiger partial charge in [-0.3, -0.25) is 9.63 Å². The van der Waals surface area contributed by atoms with Crippen molar-refractivity contribution in [1.82, 2.24) is 5.06 Å². The van der Waals surface area contributed by atoms with Crippen LogP contribution in [0, 0.1) is 0 Å². The van der Waals surface area contributed by atoms with Crippen LogP contribution in [0.3, 0.4) is 0 Å². The summed E-state index contributed by atoms with van der Waals surface area (Å²) in [6.07, 6.45) is 0.900. The fraction of sp³-hybridized carbons (Fsp3) is 0.417. The van der Waals surface area contributed by atoms with Crippen LogP contribution in [0.15, 0.2) is 30.3 Å². The number of amides is 1. The molecule has 1 aliphatic rings. The molecule has 86 valence electrons. The Kier molecular flexibility index (Phi) is 3.81. The summed E-state index contributed by atoms with van der Waals surface area (Å²) in [5.74, 6) is -0.0138. The quantitative estimate of drug-likeness (QED) is 0.616. The Bertz CT molecular complexity index is 369. The molecule has 2 atom stereocenters. The molecule has 0 spiro atoms. The molecule has 1 aromatic carbocycles. The van der Waals surface area contributed by atoms with Crippen LogP contribution in [-0.2, 0) is 9.63 Å². The molecule has 1 saturated heterocycles. The van der Waals surface area contributed by atoms with E-state index >= 15 is 0 Å². The monoisotopic (exact) mass is 331 g/mol. The maximum Gasteiger partial charge on any atom is 0.243 e. The number of alkyl halides is 1. The number of benzene rings is 1. The van der Waals surface area contributed by atoms with E-state index in [2.05, 4.69) is 22.6 Å². The highest BCUT2D eigenvalue weighted by Crippen LogP contribution is 2.33. The minimum Gasteiger partial charge on any atom is -0.273 e. The minimum atomic E-state index is -0.0138. The molecule has 0 N–H and O–H groups in total. The third-order valence-electron chi connectivity index (χ3n) is 2.72. The number of hydroxylamine groups is 2. The lowest BCUT2D eigenvalue weighted by Gasteiger charge is -2.19.